The Morgan fingerprint density at radius 3 is 1.78 bits per heavy atom. The molecule has 18 atom stereocenters. The van der Waals surface area contributed by atoms with E-state index in [1.807, 2.05) is 32.8 Å². The Hall–Kier alpha value is -3.40. The van der Waals surface area contributed by atoms with Crippen molar-refractivity contribution in [3.8, 4) is 0 Å². The summed E-state index contributed by atoms with van der Waals surface area (Å²) in [5.74, 6) is -3.27. The van der Waals surface area contributed by atoms with Gasteiger partial charge in [-0.25, -0.2) is 0 Å². The summed E-state index contributed by atoms with van der Waals surface area (Å²) in [4.78, 5) is 32.8. The van der Waals surface area contributed by atoms with Crippen LogP contribution in [0.15, 0.2) is 84.9 Å². The van der Waals surface area contributed by atoms with Gasteiger partial charge in [-0.05, 0) is 149 Å². The summed E-state index contributed by atoms with van der Waals surface area (Å²) in [7, 11) is -6.49. The molecule has 88 heavy (non-hydrogen) atoms. The van der Waals surface area contributed by atoms with Crippen molar-refractivity contribution in [2.24, 2.45) is 17.8 Å². The summed E-state index contributed by atoms with van der Waals surface area (Å²) in [5, 5.41) is 64.5. The molecule has 15 nitrogen and oxygen atoms in total. The minimum atomic E-state index is -10.7. The van der Waals surface area contributed by atoms with Crippen LogP contribution in [0.4, 0.5) is 25.2 Å². The van der Waals surface area contributed by atoms with E-state index in [0.29, 0.717) is 12.8 Å². The molecule has 3 heterocycles. The zero-order chi connectivity index (χ0) is 65.8. The summed E-state index contributed by atoms with van der Waals surface area (Å²) >= 11 is 0. The predicted octanol–water partition coefficient (Wildman–Crippen LogP) is 11.0. The molecule has 1 amide bonds. The van der Waals surface area contributed by atoms with Crippen LogP contribution >= 0.6 is 15.7 Å². The third kappa shape index (κ3) is 22.1. The molecule has 3 aliphatic heterocycles. The standard InChI is InChI=1S/C65H101N2O13P.F6P/c1-14-53-65(10,74)58(70)46(6)67(54(68)33-27-19-17-15-16-18-22-28-48-34-36-51(37-35-48)81(49-29-23-20-24-30-49)50-31-25-21-26-32-50)41-42(2)39-63(8,73)60(80-62-56(69)52(66(11)12)38-43(3)76-62)44(4)57(45(5)61(72)78-53)79-55-40-64(9,75-13)59(71)47(7)77-55;1-7(2,3,4,5)6/h20-21,23-26,29-32,34-37,42-47,52-53,55-60,62,69-71,73-74H,14-19,22,27-28,33,38-41H2,1-13H3;/q;-1/p+1/t42-,43-,44+,45-,46-,47+,52+,53-,55+,56-,57+,58-,59+,60-,62+,63-,64-,65-;/m1./s1. The zero-order valence-corrected chi connectivity index (χ0v) is 55.6. The molecule has 0 aliphatic carbocycles. The quantitative estimate of drug-likeness (QED) is 0.0310. The molecular weight excluding hydrogens is 1190 g/mol. The topological polar surface area (TPSA) is 197 Å². The van der Waals surface area contributed by atoms with Crippen molar-refractivity contribution in [3.05, 3.63) is 90.5 Å². The number of aliphatic hydroxyl groups is 5. The second-order valence-electron chi connectivity index (χ2n) is 26.0. The van der Waals surface area contributed by atoms with Gasteiger partial charge in [-0.3, -0.25) is 9.59 Å². The fourth-order valence-electron chi connectivity index (χ4n) is 13.0. The van der Waals surface area contributed by atoms with Gasteiger partial charge in [-0.2, -0.15) is 0 Å². The molecule has 0 spiro atoms. The van der Waals surface area contributed by atoms with Crippen LogP contribution in [0.5, 0.6) is 0 Å². The number of nitrogens with zero attached hydrogens (tertiary/aromatic N) is 2. The Kier molecular flexibility index (Phi) is 26.6. The third-order valence-corrected chi connectivity index (χ3v) is 20.7. The Bertz CT molecular complexity index is 2570. The third-order valence-electron chi connectivity index (χ3n) is 18.0. The SMILES string of the molecule is CC[C@H]1OC(=O)[C@H](C)[C@@H](O[C@H]2C[C@@](C)(OC)[C@@H](O)[C@H](C)O2)[C@H](C)[C@@H](O[C@@H]2O[C@H](C)C[C@H](N(C)C)[C@H]2O)[C@](C)(O)C[C@@H](C)CN(C(=O)CCCCCCCCCc2ccc([PH+](c3ccccc3)c3ccccc3)cc2)[C@H](C)[C@@H](O)[C@]1(C)O.F[P-](F)(F)(F)(F)F. The number of aryl methyl sites for hydroxylation is 1. The van der Waals surface area contributed by atoms with E-state index in [2.05, 4.69) is 84.9 Å². The number of carbonyl (C=O) groups is 2. The molecule has 502 valence electrons. The fraction of sp³-hybridized carbons (Fsp3) is 0.692. The van der Waals surface area contributed by atoms with Gasteiger partial charge in [0.25, 0.3) is 0 Å². The normalized spacial score (nSPS) is 34.8. The van der Waals surface area contributed by atoms with Crippen LogP contribution in [-0.4, -0.2) is 165 Å². The van der Waals surface area contributed by atoms with E-state index in [-0.39, 0.29) is 50.3 Å². The molecule has 0 aromatic heterocycles. The van der Waals surface area contributed by atoms with E-state index in [0.717, 1.165) is 44.9 Å². The number of carbonyl (C=O) groups excluding carboxylic acids is 2. The van der Waals surface area contributed by atoms with Crippen LogP contribution < -0.4 is 15.9 Å². The molecule has 0 radical (unpaired) electrons. The van der Waals surface area contributed by atoms with Crippen molar-refractivity contribution >= 4 is 43.5 Å². The van der Waals surface area contributed by atoms with Crippen molar-refractivity contribution in [2.45, 2.75) is 243 Å². The average molecular weight is 1300 g/mol. The number of halogens is 6. The van der Waals surface area contributed by atoms with E-state index in [9.17, 15) is 60.3 Å². The summed E-state index contributed by atoms with van der Waals surface area (Å²) < 4.78 is 97.4. The maximum absolute atomic E-state index is 14.7. The monoisotopic (exact) mass is 1290 g/mol. The van der Waals surface area contributed by atoms with E-state index >= 15 is 0 Å². The molecule has 3 fully saturated rings. The van der Waals surface area contributed by atoms with Crippen molar-refractivity contribution in [3.63, 3.8) is 0 Å². The second kappa shape index (κ2) is 31.0. The number of likely N-dealkylation sites (N-methyl/N-ethyl adjacent to an activating group) is 1. The van der Waals surface area contributed by atoms with Crippen LogP contribution in [0.3, 0.4) is 0 Å². The van der Waals surface area contributed by atoms with Crippen LogP contribution in [0, 0.1) is 17.8 Å². The summed E-state index contributed by atoms with van der Waals surface area (Å²) in [6, 6.07) is 29.6. The number of cyclic esters (lactones) is 1. The number of aliphatic hydroxyl groups excluding tert-OH is 3. The van der Waals surface area contributed by atoms with Crippen LogP contribution in [-0.2, 0) is 44.4 Å². The van der Waals surface area contributed by atoms with Gasteiger partial charge in [0.2, 0.25) is 5.91 Å². The summed E-state index contributed by atoms with van der Waals surface area (Å²) in [5.41, 5.74) is -3.44. The molecule has 3 aromatic carbocycles. The molecule has 5 N–H and O–H groups in total. The van der Waals surface area contributed by atoms with E-state index in [1.54, 1.807) is 53.4 Å². The Morgan fingerprint density at radius 2 is 1.26 bits per heavy atom. The molecule has 0 saturated carbocycles. The van der Waals surface area contributed by atoms with Crippen LogP contribution in [0.25, 0.3) is 0 Å². The first-order valence-electron chi connectivity index (χ1n) is 31.2. The number of hydrogen-bond donors (Lipinski definition) is 5. The van der Waals surface area contributed by atoms with E-state index in [4.69, 9.17) is 28.4 Å². The average Bonchev–Trinajstić information content (AvgIpc) is 3.44. The van der Waals surface area contributed by atoms with Gasteiger partial charge < -0.3 is 63.8 Å². The first-order chi connectivity index (χ1) is 40.8. The number of amides is 1. The number of rotatable bonds is 20. The van der Waals surface area contributed by atoms with Crippen molar-refractivity contribution in [1.82, 2.24) is 9.80 Å². The van der Waals surface area contributed by atoms with Crippen LogP contribution in [0.2, 0.25) is 0 Å². The predicted molar refractivity (Wildman–Crippen MR) is 334 cm³/mol. The Morgan fingerprint density at radius 1 is 0.739 bits per heavy atom. The van der Waals surface area contributed by atoms with Gasteiger partial charge in [0.05, 0.1) is 55.5 Å². The number of ether oxygens (including phenoxy) is 6. The molecule has 6 rings (SSSR count). The Labute approximate surface area is 519 Å². The van der Waals surface area contributed by atoms with Crippen molar-refractivity contribution < 1.29 is 88.7 Å². The number of methoxy groups -OCH3 is 1. The molecular formula is C65H102F6N2O13P2. The molecule has 23 heteroatoms. The van der Waals surface area contributed by atoms with Crippen molar-refractivity contribution in [2.75, 3.05) is 27.7 Å². The molecule has 3 aromatic rings. The maximum atomic E-state index is 14.7. The molecule has 0 bridgehead atoms. The van der Waals surface area contributed by atoms with E-state index < -0.39 is 118 Å². The minimum absolute atomic E-state index is 0.0733. The first-order valence-corrected chi connectivity index (χ1v) is 34.8. The van der Waals surface area contributed by atoms with Gasteiger partial charge in [0.15, 0.2) is 12.6 Å². The number of hydrogen-bond acceptors (Lipinski definition) is 14. The molecule has 3 aliphatic rings. The fourth-order valence-corrected chi connectivity index (χ4v) is 15.6. The molecule has 0 unspecified atom stereocenters. The first kappa shape index (κ1) is 75.3. The van der Waals surface area contributed by atoms with Gasteiger partial charge in [0, 0.05) is 38.5 Å². The van der Waals surface area contributed by atoms with Gasteiger partial charge >= 0.3 is 39.0 Å². The molecule has 3 saturated heterocycles. The zero-order valence-electron chi connectivity index (χ0n) is 53.8. The van der Waals surface area contributed by atoms with Gasteiger partial charge in [-0.1, -0.05) is 101 Å². The number of unbranched alkanes of at least 4 members (excludes halogenated alkanes) is 6. The Balaban J connectivity index is 0.00000190. The summed E-state index contributed by atoms with van der Waals surface area (Å²) in [6.07, 6.45) is -1.34. The van der Waals surface area contributed by atoms with Gasteiger partial charge in [-0.15, -0.1) is 0 Å². The number of benzene rings is 3. The second-order valence-corrected chi connectivity index (χ2v) is 30.4. The van der Waals surface area contributed by atoms with Crippen molar-refractivity contribution in [1.29, 1.82) is 0 Å². The summed E-state index contributed by atoms with van der Waals surface area (Å²) in [6.45, 7) is 17.4. The van der Waals surface area contributed by atoms with E-state index in [1.165, 1.54) is 35.5 Å². The van der Waals surface area contributed by atoms with Gasteiger partial charge in [0.1, 0.15) is 45.9 Å². The number of esters is 1. The van der Waals surface area contributed by atoms with Crippen LogP contribution in [0.1, 0.15) is 152 Å².